The molecule has 0 radical (unpaired) electrons. The number of fused-ring (bicyclic) bond motifs is 1. The average molecular weight is 450 g/mol. The van der Waals surface area contributed by atoms with Crippen LogP contribution in [0, 0.1) is 12.8 Å². The van der Waals surface area contributed by atoms with Crippen molar-refractivity contribution < 1.29 is 14.3 Å². The lowest BCUT2D eigenvalue weighted by Crippen LogP contribution is -2.43. The van der Waals surface area contributed by atoms with E-state index in [0.29, 0.717) is 6.79 Å². The van der Waals surface area contributed by atoms with Crippen LogP contribution < -0.4 is 14.8 Å². The Bertz CT molecular complexity index is 1070. The van der Waals surface area contributed by atoms with Gasteiger partial charge in [-0.3, -0.25) is 14.7 Å². The second-order valence-electron chi connectivity index (χ2n) is 8.45. The molecule has 2 aliphatic rings. The fourth-order valence-corrected chi connectivity index (χ4v) is 5.24. The second-order valence-corrected chi connectivity index (χ2v) is 9.40. The molecule has 2 aliphatic heterocycles. The van der Waals surface area contributed by atoms with Crippen molar-refractivity contribution in [3.8, 4) is 11.5 Å². The van der Waals surface area contributed by atoms with E-state index >= 15 is 0 Å². The van der Waals surface area contributed by atoms with Gasteiger partial charge in [-0.05, 0) is 79.1 Å². The number of carbonyl (C=O) groups excluding carboxylic acids is 1. The van der Waals surface area contributed by atoms with Gasteiger partial charge in [0, 0.05) is 19.3 Å². The smallest absolute Gasteiger partial charge is 0.261 e. The number of carbonyl (C=O) groups is 1. The van der Waals surface area contributed by atoms with Gasteiger partial charge in [0.2, 0.25) is 6.79 Å². The summed E-state index contributed by atoms with van der Waals surface area (Å²) in [6.07, 6.45) is 3.95. The van der Waals surface area contributed by atoms with Gasteiger partial charge in [0.25, 0.3) is 5.91 Å². The molecule has 6 nitrogen and oxygen atoms in total. The van der Waals surface area contributed by atoms with Crippen molar-refractivity contribution in [1.29, 1.82) is 0 Å². The van der Waals surface area contributed by atoms with Gasteiger partial charge in [-0.25, -0.2) is 0 Å². The van der Waals surface area contributed by atoms with Gasteiger partial charge in [-0.2, -0.15) is 0 Å². The Labute approximate surface area is 192 Å². The Morgan fingerprint density at radius 1 is 1.25 bits per heavy atom. The third-order valence-electron chi connectivity index (χ3n) is 6.28. The van der Waals surface area contributed by atoms with Gasteiger partial charge in [-0.15, -0.1) is 11.3 Å². The standard InChI is InChI=1S/C25H27N3O3S/c1-17-12-21-22(31-16-30-21)13-19(17)15-28-10-4-6-18(14-28)24(20-7-2-3-9-26-20)27-25(29)23-8-5-11-32-23/h2-3,5,7-9,11-13,18,24H,4,6,10,14-16H2,1H3,(H,27,29)/t18-,24-/m0/s1. The Hall–Kier alpha value is -2.90. The first-order valence-corrected chi connectivity index (χ1v) is 11.9. The summed E-state index contributed by atoms with van der Waals surface area (Å²) in [5.74, 6) is 1.92. The van der Waals surface area contributed by atoms with Crippen LogP contribution in [0.4, 0.5) is 0 Å². The van der Waals surface area contributed by atoms with Gasteiger partial charge < -0.3 is 14.8 Å². The van der Waals surface area contributed by atoms with E-state index in [1.807, 2.05) is 35.7 Å². The number of hydrogen-bond donors (Lipinski definition) is 1. The molecule has 5 rings (SSSR count). The fourth-order valence-electron chi connectivity index (χ4n) is 4.62. The van der Waals surface area contributed by atoms with Crippen molar-refractivity contribution in [1.82, 2.24) is 15.2 Å². The second kappa shape index (κ2) is 9.30. The Morgan fingerprint density at radius 3 is 2.91 bits per heavy atom. The molecule has 2 aromatic heterocycles. The maximum atomic E-state index is 12.9. The highest BCUT2D eigenvalue weighted by Gasteiger charge is 2.31. The summed E-state index contributed by atoms with van der Waals surface area (Å²) >= 11 is 1.46. The van der Waals surface area contributed by atoms with E-state index in [2.05, 4.69) is 34.3 Å². The number of benzene rings is 1. The normalized spacial score (nSPS) is 19.0. The number of amides is 1. The summed E-state index contributed by atoms with van der Waals surface area (Å²) in [5.41, 5.74) is 3.39. The highest BCUT2D eigenvalue weighted by molar-refractivity contribution is 7.12. The molecule has 0 bridgehead atoms. The number of pyridine rings is 1. The van der Waals surface area contributed by atoms with Crippen LogP contribution in [0.3, 0.4) is 0 Å². The summed E-state index contributed by atoms with van der Waals surface area (Å²) in [6.45, 7) is 5.21. The van der Waals surface area contributed by atoms with Gasteiger partial charge in [0.05, 0.1) is 16.6 Å². The Kier molecular flexibility index (Phi) is 6.10. The van der Waals surface area contributed by atoms with Gasteiger partial charge in [0.1, 0.15) is 0 Å². The first-order valence-electron chi connectivity index (χ1n) is 11.0. The van der Waals surface area contributed by atoms with E-state index in [0.717, 1.165) is 54.5 Å². The average Bonchev–Trinajstić information content (AvgIpc) is 3.50. The number of nitrogens with zero attached hydrogens (tertiary/aromatic N) is 2. The molecule has 7 heteroatoms. The van der Waals surface area contributed by atoms with E-state index in [1.54, 1.807) is 6.20 Å². The number of ether oxygens (including phenoxy) is 2. The molecule has 0 unspecified atom stereocenters. The van der Waals surface area contributed by atoms with Crippen LogP contribution in [0.25, 0.3) is 0 Å². The third kappa shape index (κ3) is 4.49. The zero-order valence-electron chi connectivity index (χ0n) is 18.1. The van der Waals surface area contributed by atoms with Gasteiger partial charge >= 0.3 is 0 Å². The molecule has 2 atom stereocenters. The van der Waals surface area contributed by atoms with Crippen molar-refractivity contribution >= 4 is 17.2 Å². The molecular formula is C25H27N3O3S. The lowest BCUT2D eigenvalue weighted by atomic mass is 9.88. The third-order valence-corrected chi connectivity index (χ3v) is 7.15. The molecule has 3 aromatic rings. The van der Waals surface area contributed by atoms with E-state index in [-0.39, 0.29) is 17.9 Å². The van der Waals surface area contributed by atoms with Crippen LogP contribution in [-0.4, -0.2) is 35.7 Å². The summed E-state index contributed by atoms with van der Waals surface area (Å²) < 4.78 is 11.1. The quantitative estimate of drug-likeness (QED) is 0.598. The van der Waals surface area contributed by atoms with Crippen molar-refractivity contribution in [2.45, 2.75) is 32.4 Å². The summed E-state index contributed by atoms with van der Waals surface area (Å²) in [4.78, 5) is 20.7. The largest absolute Gasteiger partial charge is 0.454 e. The van der Waals surface area contributed by atoms with Crippen LogP contribution >= 0.6 is 11.3 Å². The molecule has 4 heterocycles. The predicted molar refractivity (Wildman–Crippen MR) is 124 cm³/mol. The molecule has 0 aliphatic carbocycles. The number of aromatic nitrogens is 1. The van der Waals surface area contributed by atoms with Crippen molar-refractivity contribution in [2.75, 3.05) is 19.9 Å². The van der Waals surface area contributed by atoms with Crippen molar-refractivity contribution in [3.63, 3.8) is 0 Å². The first-order chi connectivity index (χ1) is 15.7. The highest BCUT2D eigenvalue weighted by atomic mass is 32.1. The Morgan fingerprint density at radius 2 is 2.12 bits per heavy atom. The number of rotatable bonds is 6. The van der Waals surface area contributed by atoms with E-state index in [4.69, 9.17) is 9.47 Å². The van der Waals surface area contributed by atoms with Crippen molar-refractivity contribution in [3.05, 3.63) is 75.7 Å². The lowest BCUT2D eigenvalue weighted by Gasteiger charge is -2.37. The zero-order valence-corrected chi connectivity index (χ0v) is 18.9. The number of nitrogens with one attached hydrogen (secondary N) is 1. The predicted octanol–water partition coefficient (Wildman–Crippen LogP) is 4.56. The van der Waals surface area contributed by atoms with E-state index in [1.165, 1.54) is 22.5 Å². The maximum absolute atomic E-state index is 12.9. The molecule has 0 spiro atoms. The van der Waals surface area contributed by atoms with E-state index in [9.17, 15) is 4.79 Å². The van der Waals surface area contributed by atoms with Gasteiger partial charge in [-0.1, -0.05) is 12.1 Å². The molecule has 1 aromatic carbocycles. The topological polar surface area (TPSA) is 63.7 Å². The van der Waals surface area contributed by atoms with Crippen LogP contribution in [-0.2, 0) is 6.54 Å². The van der Waals surface area contributed by atoms with Gasteiger partial charge in [0.15, 0.2) is 11.5 Å². The number of likely N-dealkylation sites (tertiary alicyclic amines) is 1. The molecule has 166 valence electrons. The van der Waals surface area contributed by atoms with Crippen molar-refractivity contribution in [2.24, 2.45) is 5.92 Å². The lowest BCUT2D eigenvalue weighted by molar-refractivity contribution is 0.0879. The fraction of sp³-hybridized carbons (Fsp3) is 0.360. The highest BCUT2D eigenvalue weighted by Crippen LogP contribution is 2.36. The maximum Gasteiger partial charge on any atom is 0.261 e. The van der Waals surface area contributed by atoms with Crippen LogP contribution in [0.15, 0.2) is 54.0 Å². The number of hydrogen-bond acceptors (Lipinski definition) is 6. The minimum absolute atomic E-state index is 0.0283. The summed E-state index contributed by atoms with van der Waals surface area (Å²) in [5, 5.41) is 5.21. The zero-order chi connectivity index (χ0) is 21.9. The number of aryl methyl sites for hydroxylation is 1. The molecular weight excluding hydrogens is 422 g/mol. The minimum Gasteiger partial charge on any atom is -0.454 e. The summed E-state index contributed by atoms with van der Waals surface area (Å²) in [7, 11) is 0. The molecule has 32 heavy (non-hydrogen) atoms. The first kappa shape index (κ1) is 21.0. The molecule has 0 saturated carbocycles. The number of thiophene rings is 1. The van der Waals surface area contributed by atoms with Crippen LogP contribution in [0.5, 0.6) is 11.5 Å². The van der Waals surface area contributed by atoms with Crippen LogP contribution in [0.1, 0.15) is 45.4 Å². The minimum atomic E-state index is -0.119. The van der Waals surface area contributed by atoms with Crippen LogP contribution in [0.2, 0.25) is 0 Å². The molecule has 1 amide bonds. The summed E-state index contributed by atoms with van der Waals surface area (Å²) in [6, 6.07) is 13.7. The molecule has 1 fully saturated rings. The monoisotopic (exact) mass is 449 g/mol. The molecule has 1 saturated heterocycles. The SMILES string of the molecule is Cc1cc2c(cc1CN1CCC[C@H]([C@H](NC(=O)c3cccs3)c3ccccn3)C1)OCO2. The molecule has 1 N–H and O–H groups in total. The number of piperidine rings is 1. The van der Waals surface area contributed by atoms with E-state index < -0.39 is 0 Å². The Balaban J connectivity index is 1.34.